The van der Waals surface area contributed by atoms with Crippen molar-refractivity contribution < 1.29 is 23.9 Å². The highest BCUT2D eigenvalue weighted by atomic mass is 16.3. The largest absolute Gasteiger partial charge is 0.467 e. The highest BCUT2D eigenvalue weighted by Crippen LogP contribution is 1.98. The molecule has 1 aromatic heterocycles. The molecule has 0 aliphatic heterocycles. The minimum absolute atomic E-state index is 0.0237. The molecule has 0 aliphatic carbocycles. The number of carbonyl (C=O) groups is 3. The molecule has 9 nitrogen and oxygen atoms in total. The Morgan fingerprint density at radius 1 is 1.27 bits per heavy atom. The van der Waals surface area contributed by atoms with Crippen LogP contribution in [0.2, 0.25) is 0 Å². The van der Waals surface area contributed by atoms with Gasteiger partial charge in [0.25, 0.3) is 0 Å². The third-order valence-corrected chi connectivity index (χ3v) is 2.41. The van der Waals surface area contributed by atoms with Crippen LogP contribution in [0.1, 0.15) is 19.1 Å². The molecule has 1 aromatic rings. The molecule has 0 bridgehead atoms. The number of nitrogens with one attached hydrogen (secondary N) is 3. The van der Waals surface area contributed by atoms with Gasteiger partial charge in [0.2, 0.25) is 5.91 Å². The molecule has 3 amide bonds. The van der Waals surface area contributed by atoms with Crippen LogP contribution in [0.15, 0.2) is 27.9 Å². The van der Waals surface area contributed by atoms with E-state index in [1.54, 1.807) is 19.1 Å². The van der Waals surface area contributed by atoms with E-state index in [4.69, 9.17) is 9.52 Å². The fourth-order valence-corrected chi connectivity index (χ4v) is 1.38. The molecule has 0 unspecified atom stereocenters. The van der Waals surface area contributed by atoms with E-state index in [2.05, 4.69) is 15.7 Å². The number of nitrogens with zero attached hydrogens (tertiary/aromatic N) is 1. The summed E-state index contributed by atoms with van der Waals surface area (Å²) in [7, 11) is 0. The van der Waals surface area contributed by atoms with E-state index in [-0.39, 0.29) is 32.0 Å². The molecule has 4 N–H and O–H groups in total. The number of aliphatic hydroxyl groups excluding tert-OH is 1. The molecule has 22 heavy (non-hydrogen) atoms. The Kier molecular flexibility index (Phi) is 7.34. The number of carbonyl (C=O) groups excluding carboxylic acids is 3. The average Bonchev–Trinajstić information content (AvgIpc) is 3.01. The summed E-state index contributed by atoms with van der Waals surface area (Å²) in [4.78, 5) is 34.1. The van der Waals surface area contributed by atoms with Gasteiger partial charge in [0.15, 0.2) is 0 Å². The van der Waals surface area contributed by atoms with Gasteiger partial charge in [0.05, 0.1) is 25.8 Å². The van der Waals surface area contributed by atoms with E-state index >= 15 is 0 Å². The van der Waals surface area contributed by atoms with Crippen LogP contribution in [0.4, 0.5) is 0 Å². The second-order valence-corrected chi connectivity index (χ2v) is 4.30. The van der Waals surface area contributed by atoms with Crippen LogP contribution in [-0.4, -0.2) is 41.7 Å². The Morgan fingerprint density at radius 3 is 2.68 bits per heavy atom. The Bertz CT molecular complexity index is 539. The van der Waals surface area contributed by atoms with E-state index in [9.17, 15) is 14.4 Å². The van der Waals surface area contributed by atoms with Crippen LogP contribution < -0.4 is 16.1 Å². The van der Waals surface area contributed by atoms with Crippen molar-refractivity contribution >= 4 is 23.4 Å². The normalized spacial score (nSPS) is 10.9. The molecule has 0 fully saturated rings. The van der Waals surface area contributed by atoms with E-state index in [1.165, 1.54) is 6.26 Å². The number of hydrogen-bond acceptors (Lipinski definition) is 6. The van der Waals surface area contributed by atoms with Crippen molar-refractivity contribution in [2.45, 2.75) is 19.9 Å². The number of aliphatic hydroxyl groups is 1. The van der Waals surface area contributed by atoms with Gasteiger partial charge in [0, 0.05) is 12.3 Å². The van der Waals surface area contributed by atoms with Crippen molar-refractivity contribution in [2.24, 2.45) is 5.10 Å². The highest BCUT2D eigenvalue weighted by molar-refractivity contribution is 6.35. The van der Waals surface area contributed by atoms with Crippen LogP contribution in [0.25, 0.3) is 0 Å². The Labute approximate surface area is 126 Å². The molecule has 9 heteroatoms. The van der Waals surface area contributed by atoms with Crippen LogP contribution in [0.3, 0.4) is 0 Å². The SMILES string of the molecule is C/C(CC(=O)NCc1ccco1)=N/NC(=O)C(=O)NCCO. The first kappa shape index (κ1) is 17.4. The lowest BCUT2D eigenvalue weighted by Crippen LogP contribution is -2.39. The van der Waals surface area contributed by atoms with E-state index in [0.29, 0.717) is 11.5 Å². The zero-order chi connectivity index (χ0) is 16.4. The maximum atomic E-state index is 11.6. The van der Waals surface area contributed by atoms with Crippen molar-refractivity contribution in [1.82, 2.24) is 16.1 Å². The summed E-state index contributed by atoms with van der Waals surface area (Å²) < 4.78 is 5.06. The van der Waals surface area contributed by atoms with Gasteiger partial charge in [-0.1, -0.05) is 0 Å². The third kappa shape index (κ3) is 6.66. The monoisotopic (exact) mass is 310 g/mol. The predicted molar refractivity (Wildman–Crippen MR) is 76.5 cm³/mol. The molecule has 0 aliphatic rings. The Hall–Kier alpha value is -2.68. The molecule has 1 heterocycles. The lowest BCUT2D eigenvalue weighted by molar-refractivity contribution is -0.139. The zero-order valence-corrected chi connectivity index (χ0v) is 12.1. The Balaban J connectivity index is 2.30. The molecule has 0 saturated heterocycles. The summed E-state index contributed by atoms with van der Waals surface area (Å²) in [6, 6.07) is 3.44. The highest BCUT2D eigenvalue weighted by Gasteiger charge is 2.12. The summed E-state index contributed by atoms with van der Waals surface area (Å²) in [6.45, 7) is 1.51. The number of hydrazone groups is 1. The van der Waals surface area contributed by atoms with Gasteiger partial charge < -0.3 is 20.2 Å². The van der Waals surface area contributed by atoms with Crippen molar-refractivity contribution in [3.05, 3.63) is 24.2 Å². The quantitative estimate of drug-likeness (QED) is 0.288. The van der Waals surface area contributed by atoms with Crippen LogP contribution >= 0.6 is 0 Å². The van der Waals surface area contributed by atoms with Gasteiger partial charge in [-0.3, -0.25) is 14.4 Å². The average molecular weight is 310 g/mol. The maximum absolute atomic E-state index is 11.6. The zero-order valence-electron chi connectivity index (χ0n) is 12.1. The molecule has 120 valence electrons. The first-order chi connectivity index (χ1) is 10.5. The van der Waals surface area contributed by atoms with Gasteiger partial charge in [0.1, 0.15) is 5.76 Å². The topological polar surface area (TPSA) is 133 Å². The number of rotatable bonds is 7. The lowest BCUT2D eigenvalue weighted by atomic mass is 10.3. The van der Waals surface area contributed by atoms with Gasteiger partial charge >= 0.3 is 11.8 Å². The van der Waals surface area contributed by atoms with Crippen molar-refractivity contribution in [3.8, 4) is 0 Å². The van der Waals surface area contributed by atoms with Gasteiger partial charge in [-0.05, 0) is 19.1 Å². The molecule has 0 atom stereocenters. The first-order valence-corrected chi connectivity index (χ1v) is 6.54. The second kappa shape index (κ2) is 9.29. The lowest BCUT2D eigenvalue weighted by Gasteiger charge is -2.04. The fourth-order valence-electron chi connectivity index (χ4n) is 1.38. The number of hydrogen-bond donors (Lipinski definition) is 4. The third-order valence-electron chi connectivity index (χ3n) is 2.41. The predicted octanol–water partition coefficient (Wildman–Crippen LogP) is -1.11. The maximum Gasteiger partial charge on any atom is 0.329 e. The van der Waals surface area contributed by atoms with Gasteiger partial charge in [-0.25, -0.2) is 5.43 Å². The summed E-state index contributed by atoms with van der Waals surface area (Å²) in [6.07, 6.45) is 1.48. The van der Waals surface area contributed by atoms with Crippen LogP contribution in [0, 0.1) is 0 Å². The van der Waals surface area contributed by atoms with E-state index in [1.807, 2.05) is 5.43 Å². The van der Waals surface area contributed by atoms with E-state index in [0.717, 1.165) is 0 Å². The molecule has 0 radical (unpaired) electrons. The number of amides is 3. The van der Waals surface area contributed by atoms with Gasteiger partial charge in [-0.15, -0.1) is 0 Å². The molecule has 0 saturated carbocycles. The summed E-state index contributed by atoms with van der Waals surface area (Å²) in [5.41, 5.74) is 2.36. The molecule has 0 spiro atoms. The summed E-state index contributed by atoms with van der Waals surface area (Å²) in [5.74, 6) is -1.55. The second-order valence-electron chi connectivity index (χ2n) is 4.30. The fraction of sp³-hybridized carbons (Fsp3) is 0.385. The van der Waals surface area contributed by atoms with Crippen LogP contribution in [0.5, 0.6) is 0 Å². The molecule has 0 aromatic carbocycles. The smallest absolute Gasteiger partial charge is 0.329 e. The molecule has 1 rings (SSSR count). The summed E-state index contributed by atoms with van der Waals surface area (Å²) >= 11 is 0. The van der Waals surface area contributed by atoms with Crippen molar-refractivity contribution in [1.29, 1.82) is 0 Å². The molecular weight excluding hydrogens is 292 g/mol. The minimum atomic E-state index is -0.969. The first-order valence-electron chi connectivity index (χ1n) is 6.54. The molecular formula is C13H18N4O5. The van der Waals surface area contributed by atoms with Crippen LogP contribution in [-0.2, 0) is 20.9 Å². The van der Waals surface area contributed by atoms with Crippen molar-refractivity contribution in [2.75, 3.05) is 13.2 Å². The van der Waals surface area contributed by atoms with Crippen molar-refractivity contribution in [3.63, 3.8) is 0 Å². The van der Waals surface area contributed by atoms with Gasteiger partial charge in [-0.2, -0.15) is 5.10 Å². The van der Waals surface area contributed by atoms with E-state index < -0.39 is 11.8 Å². The standard InChI is InChI=1S/C13H18N4O5/c1-9(16-17-13(21)12(20)14-4-5-18)7-11(19)15-8-10-3-2-6-22-10/h2-3,6,18H,4-5,7-8H2,1H3,(H,14,20)(H,15,19)(H,17,21)/b16-9-. The Morgan fingerprint density at radius 2 is 2.05 bits per heavy atom. The summed E-state index contributed by atoms with van der Waals surface area (Å²) in [5, 5.41) is 16.9. The minimum Gasteiger partial charge on any atom is -0.467 e. The number of furan rings is 1.